The molecule has 24 heavy (non-hydrogen) atoms. The molecule has 2 rings (SSSR count). The van der Waals surface area contributed by atoms with Crippen molar-refractivity contribution in [2.75, 3.05) is 0 Å². The smallest absolute Gasteiger partial charge is 0.346 e. The van der Waals surface area contributed by atoms with Gasteiger partial charge in [0, 0.05) is 20.3 Å². The lowest BCUT2D eigenvalue weighted by atomic mass is 9.99. The SMILES string of the molecule is CC[C@H](C)c1ccc(OS(=O)(=O)c2cn(C)c(=O)n(C)c2=O)cc1. The summed E-state index contributed by atoms with van der Waals surface area (Å²) in [5.74, 6) is 0.463. The largest absolute Gasteiger partial charge is 0.379 e. The van der Waals surface area contributed by atoms with Crippen LogP contribution >= 0.6 is 0 Å². The lowest BCUT2D eigenvalue weighted by molar-refractivity contribution is 0.480. The molecule has 0 fully saturated rings. The van der Waals surface area contributed by atoms with Crippen LogP contribution in [-0.2, 0) is 24.2 Å². The van der Waals surface area contributed by atoms with E-state index in [2.05, 4.69) is 13.8 Å². The van der Waals surface area contributed by atoms with Crippen LogP contribution in [0, 0.1) is 0 Å². The van der Waals surface area contributed by atoms with Crippen LogP contribution in [-0.4, -0.2) is 17.6 Å². The fourth-order valence-electron chi connectivity index (χ4n) is 2.21. The first-order chi connectivity index (χ1) is 11.2. The zero-order valence-corrected chi connectivity index (χ0v) is 14.8. The molecule has 0 radical (unpaired) electrons. The maximum absolute atomic E-state index is 12.4. The lowest BCUT2D eigenvalue weighted by Gasteiger charge is -2.11. The van der Waals surface area contributed by atoms with Crippen molar-refractivity contribution in [2.45, 2.75) is 31.1 Å². The first kappa shape index (κ1) is 18.0. The summed E-state index contributed by atoms with van der Waals surface area (Å²) in [6.07, 6.45) is 1.93. The highest BCUT2D eigenvalue weighted by Gasteiger charge is 2.23. The minimum absolute atomic E-state index is 0.109. The third-order valence-corrected chi connectivity index (χ3v) is 5.18. The number of aromatic nitrogens is 2. The van der Waals surface area contributed by atoms with E-state index in [0.717, 1.165) is 27.3 Å². The standard InChI is InChI=1S/C16H20N2O5S/c1-5-11(2)12-6-8-13(9-7-12)23-24(21,22)14-10-17(3)16(20)18(4)15(14)19/h6-11H,5H2,1-4H3/t11-/m0/s1. The summed E-state index contributed by atoms with van der Waals surface area (Å²) < 4.78 is 31.5. The highest BCUT2D eigenvalue weighted by molar-refractivity contribution is 7.87. The van der Waals surface area contributed by atoms with Gasteiger partial charge in [0.15, 0.2) is 4.90 Å². The molecule has 1 aromatic heterocycles. The molecule has 7 nitrogen and oxygen atoms in total. The van der Waals surface area contributed by atoms with Crippen LogP contribution < -0.4 is 15.4 Å². The predicted octanol–water partition coefficient (Wildman–Crippen LogP) is 1.37. The van der Waals surface area contributed by atoms with Gasteiger partial charge in [0.1, 0.15) is 5.75 Å². The van der Waals surface area contributed by atoms with Gasteiger partial charge < -0.3 is 8.75 Å². The second kappa shape index (κ2) is 6.64. The van der Waals surface area contributed by atoms with Gasteiger partial charge in [0.05, 0.1) is 0 Å². The minimum atomic E-state index is -4.34. The van der Waals surface area contributed by atoms with Crippen molar-refractivity contribution in [3.63, 3.8) is 0 Å². The van der Waals surface area contributed by atoms with Crippen LogP contribution in [0.4, 0.5) is 0 Å². The van der Waals surface area contributed by atoms with E-state index < -0.39 is 26.3 Å². The van der Waals surface area contributed by atoms with Crippen LogP contribution in [0.3, 0.4) is 0 Å². The molecule has 2 aromatic rings. The van der Waals surface area contributed by atoms with Gasteiger partial charge in [-0.1, -0.05) is 26.0 Å². The van der Waals surface area contributed by atoms with Crippen LogP contribution in [0.25, 0.3) is 0 Å². The van der Waals surface area contributed by atoms with E-state index in [-0.39, 0.29) is 5.75 Å². The molecule has 1 aromatic carbocycles. The van der Waals surface area contributed by atoms with Gasteiger partial charge in [-0.15, -0.1) is 0 Å². The number of hydrogen-bond acceptors (Lipinski definition) is 5. The molecular formula is C16H20N2O5S. The van der Waals surface area contributed by atoms with E-state index in [1.54, 1.807) is 24.3 Å². The highest BCUT2D eigenvalue weighted by Crippen LogP contribution is 2.23. The summed E-state index contributed by atoms with van der Waals surface area (Å²) >= 11 is 0. The Hall–Kier alpha value is -2.35. The molecule has 1 heterocycles. The summed E-state index contributed by atoms with van der Waals surface area (Å²) in [7, 11) is -1.76. The molecule has 8 heteroatoms. The lowest BCUT2D eigenvalue weighted by Crippen LogP contribution is -2.39. The molecule has 0 amide bonds. The Morgan fingerprint density at radius 3 is 2.25 bits per heavy atom. The molecule has 0 saturated carbocycles. The maximum atomic E-state index is 12.4. The fraction of sp³-hybridized carbons (Fsp3) is 0.375. The summed E-state index contributed by atoms with van der Waals surface area (Å²) in [4.78, 5) is 23.1. The molecule has 0 unspecified atom stereocenters. The quantitative estimate of drug-likeness (QED) is 0.759. The molecule has 0 aliphatic heterocycles. The molecule has 0 N–H and O–H groups in total. The molecule has 0 aliphatic carbocycles. The number of hydrogen-bond donors (Lipinski definition) is 0. The second-order valence-electron chi connectivity index (χ2n) is 5.67. The van der Waals surface area contributed by atoms with Crippen molar-refractivity contribution >= 4 is 10.1 Å². The maximum Gasteiger partial charge on any atom is 0.346 e. The zero-order chi connectivity index (χ0) is 18.1. The Morgan fingerprint density at radius 2 is 1.71 bits per heavy atom. The van der Waals surface area contributed by atoms with Crippen molar-refractivity contribution < 1.29 is 12.6 Å². The monoisotopic (exact) mass is 352 g/mol. The number of rotatable bonds is 5. The molecular weight excluding hydrogens is 332 g/mol. The van der Waals surface area contributed by atoms with Gasteiger partial charge in [-0.2, -0.15) is 8.42 Å². The minimum Gasteiger partial charge on any atom is -0.379 e. The number of nitrogens with zero attached hydrogens (tertiary/aromatic N) is 2. The highest BCUT2D eigenvalue weighted by atomic mass is 32.2. The first-order valence-corrected chi connectivity index (χ1v) is 8.89. The summed E-state index contributed by atoms with van der Waals surface area (Å²) in [6.45, 7) is 4.13. The topological polar surface area (TPSA) is 87.4 Å². The van der Waals surface area contributed by atoms with Crippen LogP contribution in [0.2, 0.25) is 0 Å². The zero-order valence-electron chi connectivity index (χ0n) is 14.0. The molecule has 1 atom stereocenters. The van der Waals surface area contributed by atoms with Gasteiger partial charge in [0.25, 0.3) is 5.56 Å². The predicted molar refractivity (Wildman–Crippen MR) is 89.9 cm³/mol. The van der Waals surface area contributed by atoms with E-state index in [4.69, 9.17) is 4.18 Å². The Bertz CT molecular complexity index is 955. The Kier molecular flexibility index (Phi) is 4.98. The van der Waals surface area contributed by atoms with E-state index in [9.17, 15) is 18.0 Å². The van der Waals surface area contributed by atoms with Gasteiger partial charge in [-0.05, 0) is 30.0 Å². The number of benzene rings is 1. The van der Waals surface area contributed by atoms with Crippen molar-refractivity contribution in [3.8, 4) is 5.75 Å². The van der Waals surface area contributed by atoms with E-state index in [1.807, 2.05) is 0 Å². The first-order valence-electron chi connectivity index (χ1n) is 7.48. The van der Waals surface area contributed by atoms with E-state index in [1.165, 1.54) is 14.1 Å². The fourth-order valence-corrected chi connectivity index (χ4v) is 3.30. The van der Waals surface area contributed by atoms with E-state index in [0.29, 0.717) is 5.92 Å². The Morgan fingerprint density at radius 1 is 1.12 bits per heavy atom. The van der Waals surface area contributed by atoms with Gasteiger partial charge in [0.2, 0.25) is 0 Å². The normalized spacial score (nSPS) is 12.8. The van der Waals surface area contributed by atoms with Crippen LogP contribution in [0.15, 0.2) is 44.9 Å². The molecule has 130 valence electrons. The van der Waals surface area contributed by atoms with Gasteiger partial charge >= 0.3 is 15.8 Å². The second-order valence-corrected chi connectivity index (χ2v) is 7.18. The van der Waals surface area contributed by atoms with Gasteiger partial charge in [-0.25, -0.2) is 4.79 Å². The summed E-state index contributed by atoms with van der Waals surface area (Å²) in [5.41, 5.74) is -0.466. The van der Waals surface area contributed by atoms with Crippen molar-refractivity contribution in [2.24, 2.45) is 14.1 Å². The molecule has 0 spiro atoms. The van der Waals surface area contributed by atoms with Crippen molar-refractivity contribution in [3.05, 3.63) is 56.9 Å². The summed E-state index contributed by atoms with van der Waals surface area (Å²) in [5, 5.41) is 0. The Labute approximate surface area is 140 Å². The Balaban J connectivity index is 2.39. The number of aryl methyl sites for hydroxylation is 1. The summed E-state index contributed by atoms with van der Waals surface area (Å²) in [6, 6.07) is 6.67. The average Bonchev–Trinajstić information content (AvgIpc) is 2.55. The molecule has 0 aliphatic rings. The third kappa shape index (κ3) is 3.43. The third-order valence-electron chi connectivity index (χ3n) is 3.95. The molecule has 0 saturated heterocycles. The molecule has 0 bridgehead atoms. The van der Waals surface area contributed by atoms with Gasteiger partial charge in [-0.3, -0.25) is 9.36 Å². The average molecular weight is 352 g/mol. The van der Waals surface area contributed by atoms with Crippen molar-refractivity contribution in [1.82, 2.24) is 9.13 Å². The van der Waals surface area contributed by atoms with Crippen LogP contribution in [0.5, 0.6) is 5.75 Å². The van der Waals surface area contributed by atoms with Crippen molar-refractivity contribution in [1.29, 1.82) is 0 Å². The van der Waals surface area contributed by atoms with E-state index >= 15 is 0 Å². The van der Waals surface area contributed by atoms with Crippen LogP contribution in [0.1, 0.15) is 31.7 Å².